The Labute approximate surface area is 669 Å². The number of nitrogens with zero attached hydrogens (tertiary/aromatic N) is 13. The maximum Gasteiger partial charge on any atom is 0.241 e. The van der Waals surface area contributed by atoms with Crippen molar-refractivity contribution in [2.45, 2.75) is 172 Å². The van der Waals surface area contributed by atoms with E-state index < -0.39 is 6.67 Å². The highest BCUT2D eigenvalue weighted by atomic mass is 19.1. The van der Waals surface area contributed by atoms with E-state index in [1.807, 2.05) is 45.6 Å². The molecule has 3 aromatic carbocycles. The molecule has 2 bridgehead atoms. The van der Waals surface area contributed by atoms with E-state index in [-0.39, 0.29) is 75.6 Å². The number of benzene rings is 3. The number of likely N-dealkylation sites (tertiary alicyclic amines) is 1. The largest absolute Gasteiger partial charge is 0.378 e. The second kappa shape index (κ2) is 34.6. The minimum atomic E-state index is -0.428. The molecule has 608 valence electrons. The highest BCUT2D eigenvalue weighted by Crippen LogP contribution is 2.43. The van der Waals surface area contributed by atoms with Gasteiger partial charge in [0.05, 0.1) is 91.4 Å². The summed E-state index contributed by atoms with van der Waals surface area (Å²) in [6.45, 7) is 34.8. The number of hydrogen-bond donors (Lipinski definition) is 3. The third-order valence-electron chi connectivity index (χ3n) is 24.9. The highest BCUT2D eigenvalue weighted by molar-refractivity contribution is 5.99. The second-order valence-electron chi connectivity index (χ2n) is 35.8. The molecule has 25 heteroatoms. The van der Waals surface area contributed by atoms with Gasteiger partial charge in [0.25, 0.3) is 0 Å². The Morgan fingerprint density at radius 1 is 0.482 bits per heavy atom. The van der Waals surface area contributed by atoms with Gasteiger partial charge in [-0.3, -0.25) is 63.7 Å². The number of alkyl halides is 1. The Kier molecular flexibility index (Phi) is 24.6. The number of nitrogens with one attached hydrogen (secondary N) is 3. The second-order valence-corrected chi connectivity index (χ2v) is 35.8. The molecule has 6 saturated heterocycles. The van der Waals surface area contributed by atoms with E-state index in [1.54, 1.807) is 36.4 Å². The molecule has 10 aliphatic rings. The molecule has 0 radical (unpaired) electrons. The van der Waals surface area contributed by atoms with Crippen LogP contribution in [0.5, 0.6) is 0 Å². The van der Waals surface area contributed by atoms with Crippen molar-refractivity contribution < 1.29 is 41.4 Å². The highest BCUT2D eigenvalue weighted by Gasteiger charge is 2.46. The molecule has 7 aromatic rings. The Bertz CT molecular complexity index is 4510. The zero-order valence-electron chi connectivity index (χ0n) is 67.8. The lowest BCUT2D eigenvalue weighted by Crippen LogP contribution is -2.62. The summed E-state index contributed by atoms with van der Waals surface area (Å²) in [5.74, 6) is -0.420. The SMILES string of the molecule is C[C@@H]1CN(CC(=O)N2CC(C)(C)c3ncc(Cc4ccc(F)cc4)cc32)[C@@H](CN2CC3CC2CO3)CN1.C[C@@H]1CN(CC(=O)N2CC(C)(C)c3ncc(Cc4ccc(F)cc4)cc32)[C@@H](CN2CCOC[C@H]2CF)CN1.C[C@@H]1CN(CC(=O)N2CC(C)(C)c3ncc(Cc4ccc(F)cc4)cc32)[C@@H](CN2Cc3cccnc3C2)CN1. The summed E-state index contributed by atoms with van der Waals surface area (Å²) in [6.07, 6.45) is 11.0. The molecule has 0 saturated carbocycles. The maximum absolute atomic E-state index is 13.9. The van der Waals surface area contributed by atoms with Crippen LogP contribution in [0.25, 0.3) is 0 Å². The Morgan fingerprint density at radius 3 is 1.28 bits per heavy atom. The van der Waals surface area contributed by atoms with Gasteiger partial charge in [0.1, 0.15) is 24.1 Å². The van der Waals surface area contributed by atoms with Crippen LogP contribution in [-0.2, 0) is 72.5 Å². The Hall–Kier alpha value is -8.05. The summed E-state index contributed by atoms with van der Waals surface area (Å²) in [5, 5.41) is 10.8. The number of pyridine rings is 4. The van der Waals surface area contributed by atoms with Gasteiger partial charge >= 0.3 is 0 Å². The van der Waals surface area contributed by atoms with E-state index in [1.165, 1.54) is 42.0 Å². The molecule has 21 nitrogen and oxygen atoms in total. The fourth-order valence-corrected chi connectivity index (χ4v) is 18.8. The number of morpholine rings is 2. The van der Waals surface area contributed by atoms with Crippen molar-refractivity contribution in [3.05, 3.63) is 207 Å². The van der Waals surface area contributed by atoms with Crippen LogP contribution in [0.15, 0.2) is 128 Å². The number of aromatic nitrogens is 4. The smallest absolute Gasteiger partial charge is 0.241 e. The van der Waals surface area contributed by atoms with Gasteiger partial charge in [-0.2, -0.15) is 0 Å². The van der Waals surface area contributed by atoms with Crippen LogP contribution in [-0.4, -0.2) is 259 Å². The quantitative estimate of drug-likeness (QED) is 0.0651. The van der Waals surface area contributed by atoms with Crippen molar-refractivity contribution in [3.63, 3.8) is 0 Å². The lowest BCUT2D eigenvalue weighted by atomic mass is 9.91. The summed E-state index contributed by atoms with van der Waals surface area (Å²) >= 11 is 0. The van der Waals surface area contributed by atoms with Crippen molar-refractivity contribution in [3.8, 4) is 0 Å². The predicted octanol–water partition coefficient (Wildman–Crippen LogP) is 8.85. The number of hydrogen-bond acceptors (Lipinski definition) is 18. The van der Waals surface area contributed by atoms with Gasteiger partial charge in [-0.25, -0.2) is 17.6 Å². The van der Waals surface area contributed by atoms with Gasteiger partial charge in [-0.1, -0.05) is 84.0 Å². The number of fused-ring (bicyclic) bond motifs is 6. The fourth-order valence-electron chi connectivity index (χ4n) is 18.8. The molecular formula is C89H114F4N16O5. The number of ether oxygens (including phenoxy) is 2. The molecule has 0 aliphatic carbocycles. The van der Waals surface area contributed by atoms with Crippen LogP contribution in [0.1, 0.15) is 130 Å². The number of carbonyl (C=O) groups excluding carboxylic acids is 3. The molecule has 0 spiro atoms. The first-order chi connectivity index (χ1) is 54.7. The van der Waals surface area contributed by atoms with Gasteiger partial charge in [0.15, 0.2) is 0 Å². The topological polar surface area (TPSA) is 186 Å². The molecular weight excluding hydrogens is 1450 g/mol. The van der Waals surface area contributed by atoms with Gasteiger partial charge < -0.3 is 40.1 Å². The first-order valence-corrected chi connectivity index (χ1v) is 41.2. The van der Waals surface area contributed by atoms with Crippen molar-refractivity contribution in [1.29, 1.82) is 0 Å². The van der Waals surface area contributed by atoms with Crippen LogP contribution in [0.4, 0.5) is 34.6 Å². The number of rotatable bonds is 19. The van der Waals surface area contributed by atoms with Crippen LogP contribution < -0.4 is 30.7 Å². The normalized spacial score (nSPS) is 25.8. The maximum atomic E-state index is 13.9. The summed E-state index contributed by atoms with van der Waals surface area (Å²) < 4.78 is 65.0. The van der Waals surface area contributed by atoms with E-state index in [4.69, 9.17) is 24.4 Å². The standard InChI is InChI=1S/C31H37FN6O.C29H39F2N5O2.C29H38FN5O2/c1-21-15-37(26(14-34-21)17-36-16-24-5-4-10-33-27(24)18-36)19-29(39)38-20-31(2,3)30-28(38)12-23(13-35-30)11-22-6-8-25(32)9-7-22;1-20-15-35(25(14-32-20)16-34-8-9-38-18-24(34)12-30)17-27(37)36-19-29(2,3)28-26(36)11-22(13-33-28)10-21-4-6-23(31)7-5-21;1-19-13-33(24(12-31-19)14-34-15-25-10-23(34)17-37-25)16-27(36)35-18-29(2,3)28-26(35)9-21(11-32-28)8-20-4-6-22(30)7-5-20/h4-10,12-13,21,26,34H,11,14-20H2,1-3H3;4-7,11,13,20,24-25,32H,8-10,12,14-19H2,1-3H3;4-7,9,11,19,23-25,31H,8,10,12-18H2,1-3H3/t21-,26-;20-,24-,25-;19-,23?,24-,25?/m111/s1. The van der Waals surface area contributed by atoms with Crippen molar-refractivity contribution in [2.24, 2.45) is 0 Å². The lowest BCUT2D eigenvalue weighted by Gasteiger charge is -2.44. The molecule has 10 aliphatic heterocycles. The minimum Gasteiger partial charge on any atom is -0.378 e. The molecule has 2 unspecified atom stereocenters. The van der Waals surface area contributed by atoms with Crippen LogP contribution in [0, 0.1) is 17.5 Å². The summed E-state index contributed by atoms with van der Waals surface area (Å²) in [6, 6.07) is 32.0. The molecule has 6 fully saturated rings. The number of amides is 3. The average Bonchev–Trinajstić information content (AvgIpc) is 1.62. The van der Waals surface area contributed by atoms with Crippen molar-refractivity contribution in [2.75, 3.05) is 152 Å². The monoisotopic (exact) mass is 1560 g/mol. The first-order valence-electron chi connectivity index (χ1n) is 41.2. The molecule has 4 aromatic heterocycles. The molecule has 14 heterocycles. The molecule has 9 atom stereocenters. The van der Waals surface area contributed by atoms with Gasteiger partial charge in [-0.05, 0) is 146 Å². The van der Waals surface area contributed by atoms with Gasteiger partial charge in [0.2, 0.25) is 17.7 Å². The molecule has 17 rings (SSSR count). The van der Waals surface area contributed by atoms with Gasteiger partial charge in [-0.15, -0.1) is 0 Å². The molecule has 3 N–H and O–H groups in total. The van der Waals surface area contributed by atoms with Crippen LogP contribution in [0.3, 0.4) is 0 Å². The average molecular weight is 1560 g/mol. The van der Waals surface area contributed by atoms with Gasteiger partial charge in [0, 0.05) is 188 Å². The third kappa shape index (κ3) is 18.8. The third-order valence-corrected chi connectivity index (χ3v) is 24.9. The summed E-state index contributed by atoms with van der Waals surface area (Å²) in [5.41, 5.74) is 13.4. The summed E-state index contributed by atoms with van der Waals surface area (Å²) in [4.78, 5) is 80.5. The number of anilines is 3. The Morgan fingerprint density at radius 2 is 0.895 bits per heavy atom. The van der Waals surface area contributed by atoms with Crippen LogP contribution in [0.2, 0.25) is 0 Å². The van der Waals surface area contributed by atoms with E-state index in [0.29, 0.717) is 115 Å². The zero-order chi connectivity index (χ0) is 79.7. The van der Waals surface area contributed by atoms with E-state index in [2.05, 4.69) is 137 Å². The number of carbonyl (C=O) groups is 3. The first kappa shape index (κ1) is 81.1. The predicted molar refractivity (Wildman–Crippen MR) is 435 cm³/mol. The molecule has 3 amide bonds. The fraction of sp³-hybridized carbons (Fsp3) is 0.539. The van der Waals surface area contributed by atoms with E-state index >= 15 is 0 Å². The van der Waals surface area contributed by atoms with E-state index in [9.17, 15) is 31.9 Å². The number of piperazine rings is 3. The van der Waals surface area contributed by atoms with E-state index in [0.717, 1.165) is 158 Å². The molecule has 114 heavy (non-hydrogen) atoms. The Balaban J connectivity index is 0.000000135. The van der Waals surface area contributed by atoms with Crippen molar-refractivity contribution >= 4 is 34.8 Å². The lowest BCUT2D eigenvalue weighted by molar-refractivity contribution is -0.121. The zero-order valence-corrected chi connectivity index (χ0v) is 67.8. The minimum absolute atomic E-state index is 0.0562. The number of halogens is 4. The summed E-state index contributed by atoms with van der Waals surface area (Å²) in [7, 11) is 0. The van der Waals surface area contributed by atoms with Crippen molar-refractivity contribution in [1.82, 2.24) is 65.3 Å². The van der Waals surface area contributed by atoms with Crippen LogP contribution >= 0.6 is 0 Å².